The van der Waals surface area contributed by atoms with E-state index < -0.39 is 0 Å². The van der Waals surface area contributed by atoms with E-state index in [1.807, 2.05) is 0 Å². The molecule has 2 aromatic rings. The summed E-state index contributed by atoms with van der Waals surface area (Å²) in [6, 6.07) is 7.22. The van der Waals surface area contributed by atoms with Crippen LogP contribution in [0, 0.1) is 0 Å². The van der Waals surface area contributed by atoms with Gasteiger partial charge < -0.3 is 14.8 Å². The number of nitrogens with one attached hydrogen (secondary N) is 1. The molecule has 0 aliphatic carbocycles. The Morgan fingerprint density at radius 3 is 2.78 bits per heavy atom. The molecule has 0 unspecified atom stereocenters. The summed E-state index contributed by atoms with van der Waals surface area (Å²) in [5.41, 5.74) is 1.17. The molecular formula is C16H19N3O3S. The lowest BCUT2D eigenvalue weighted by molar-refractivity contribution is 0.0341. The number of aromatic nitrogens is 1. The lowest BCUT2D eigenvalue weighted by Gasteiger charge is -2.25. The Labute approximate surface area is 139 Å². The van der Waals surface area contributed by atoms with E-state index in [4.69, 9.17) is 9.47 Å². The zero-order valence-corrected chi connectivity index (χ0v) is 13.8. The molecule has 1 aliphatic heterocycles. The maximum Gasteiger partial charge on any atom is 0.275 e. The van der Waals surface area contributed by atoms with Crippen LogP contribution in [0.15, 0.2) is 29.6 Å². The largest absolute Gasteiger partial charge is 0.497 e. The Hall–Kier alpha value is -1.96. The molecule has 122 valence electrons. The molecule has 1 saturated heterocycles. The van der Waals surface area contributed by atoms with Gasteiger partial charge in [0, 0.05) is 24.2 Å². The summed E-state index contributed by atoms with van der Waals surface area (Å²) in [4.78, 5) is 19.0. The van der Waals surface area contributed by atoms with Crippen molar-refractivity contribution in [3.05, 3.63) is 40.3 Å². The quantitative estimate of drug-likeness (QED) is 0.909. The van der Waals surface area contributed by atoms with Crippen molar-refractivity contribution in [1.82, 2.24) is 9.88 Å². The van der Waals surface area contributed by atoms with E-state index in [9.17, 15) is 4.79 Å². The van der Waals surface area contributed by atoms with Crippen molar-refractivity contribution in [3.63, 3.8) is 0 Å². The van der Waals surface area contributed by atoms with Crippen molar-refractivity contribution in [2.45, 2.75) is 6.54 Å². The third-order valence-corrected chi connectivity index (χ3v) is 4.43. The van der Waals surface area contributed by atoms with Crippen molar-refractivity contribution in [2.24, 2.45) is 0 Å². The summed E-state index contributed by atoms with van der Waals surface area (Å²) in [7, 11) is 1.61. The van der Waals surface area contributed by atoms with Crippen LogP contribution in [0.25, 0.3) is 0 Å². The van der Waals surface area contributed by atoms with Gasteiger partial charge in [-0.05, 0) is 24.3 Å². The van der Waals surface area contributed by atoms with E-state index in [0.717, 1.165) is 49.3 Å². The third kappa shape index (κ3) is 4.28. The number of morpholine rings is 1. The first-order valence-corrected chi connectivity index (χ1v) is 8.32. The number of hydrogen-bond acceptors (Lipinski definition) is 6. The summed E-state index contributed by atoms with van der Waals surface area (Å²) < 4.78 is 10.4. The molecular weight excluding hydrogens is 314 g/mol. The molecule has 1 aromatic carbocycles. The van der Waals surface area contributed by atoms with E-state index in [1.165, 1.54) is 11.3 Å². The molecule has 3 rings (SSSR count). The molecule has 1 aliphatic rings. The van der Waals surface area contributed by atoms with Crippen molar-refractivity contribution in [1.29, 1.82) is 0 Å². The number of nitrogens with zero attached hydrogens (tertiary/aromatic N) is 2. The molecule has 0 saturated carbocycles. The van der Waals surface area contributed by atoms with Gasteiger partial charge in [0.2, 0.25) is 0 Å². The molecule has 0 atom stereocenters. The number of rotatable bonds is 5. The second-order valence-electron chi connectivity index (χ2n) is 5.20. The Bertz CT molecular complexity index is 651. The lowest BCUT2D eigenvalue weighted by atomic mass is 10.3. The second-order valence-corrected chi connectivity index (χ2v) is 6.14. The van der Waals surface area contributed by atoms with Crippen LogP contribution in [0.5, 0.6) is 5.75 Å². The number of benzene rings is 1. The minimum atomic E-state index is -0.195. The summed E-state index contributed by atoms with van der Waals surface area (Å²) in [5, 5.41) is 5.59. The zero-order valence-electron chi connectivity index (χ0n) is 12.9. The molecule has 1 aromatic heterocycles. The van der Waals surface area contributed by atoms with Crippen LogP contribution in [-0.2, 0) is 11.3 Å². The molecule has 23 heavy (non-hydrogen) atoms. The Morgan fingerprint density at radius 2 is 2.09 bits per heavy atom. The first-order valence-electron chi connectivity index (χ1n) is 7.44. The fraction of sp³-hybridized carbons (Fsp3) is 0.375. The van der Waals surface area contributed by atoms with Crippen molar-refractivity contribution in [3.8, 4) is 5.75 Å². The normalized spacial score (nSPS) is 15.3. The van der Waals surface area contributed by atoms with Gasteiger partial charge in [-0.15, -0.1) is 11.3 Å². The Kier molecular flexibility index (Phi) is 5.22. The van der Waals surface area contributed by atoms with Gasteiger partial charge in [0.25, 0.3) is 5.91 Å². The molecule has 1 N–H and O–H groups in total. The van der Waals surface area contributed by atoms with Crippen LogP contribution in [0.4, 0.5) is 5.69 Å². The maximum atomic E-state index is 12.2. The number of ether oxygens (including phenoxy) is 2. The molecule has 0 bridgehead atoms. The molecule has 0 spiro atoms. The van der Waals surface area contributed by atoms with Crippen LogP contribution >= 0.6 is 11.3 Å². The van der Waals surface area contributed by atoms with E-state index in [0.29, 0.717) is 5.69 Å². The Morgan fingerprint density at radius 1 is 1.35 bits per heavy atom. The van der Waals surface area contributed by atoms with E-state index >= 15 is 0 Å². The van der Waals surface area contributed by atoms with E-state index in [1.54, 1.807) is 36.8 Å². The average molecular weight is 333 g/mol. The number of thiazole rings is 1. The average Bonchev–Trinajstić information content (AvgIpc) is 3.05. The minimum Gasteiger partial charge on any atom is -0.497 e. The van der Waals surface area contributed by atoms with Crippen LogP contribution in [-0.4, -0.2) is 49.2 Å². The van der Waals surface area contributed by atoms with Crippen LogP contribution in [0.3, 0.4) is 0 Å². The van der Waals surface area contributed by atoms with Gasteiger partial charge in [-0.2, -0.15) is 0 Å². The minimum absolute atomic E-state index is 0.195. The van der Waals surface area contributed by atoms with Crippen LogP contribution < -0.4 is 10.1 Å². The zero-order chi connectivity index (χ0) is 16.1. The molecule has 6 nitrogen and oxygen atoms in total. The fourth-order valence-corrected chi connectivity index (χ4v) is 3.12. The molecule has 1 amide bonds. The first-order chi connectivity index (χ1) is 11.2. The van der Waals surface area contributed by atoms with Gasteiger partial charge >= 0.3 is 0 Å². The lowest BCUT2D eigenvalue weighted by Crippen LogP contribution is -2.35. The Balaban J connectivity index is 1.58. The van der Waals surface area contributed by atoms with Gasteiger partial charge in [-0.25, -0.2) is 4.98 Å². The highest BCUT2D eigenvalue weighted by atomic mass is 32.1. The standard InChI is InChI=1S/C16H19N3O3S/c1-21-13-4-2-12(3-5-13)17-16(20)14-11-23-15(18-14)10-19-6-8-22-9-7-19/h2-5,11H,6-10H2,1H3,(H,17,20). The number of hydrogen-bond donors (Lipinski definition) is 1. The van der Waals surface area contributed by atoms with Crippen molar-refractivity contribution in [2.75, 3.05) is 38.7 Å². The number of methoxy groups -OCH3 is 1. The van der Waals surface area contributed by atoms with Gasteiger partial charge in [0.05, 0.1) is 26.9 Å². The summed E-state index contributed by atoms with van der Waals surface area (Å²) in [5.74, 6) is 0.559. The van der Waals surface area contributed by atoms with Crippen molar-refractivity contribution < 1.29 is 14.3 Å². The number of carbonyl (C=O) groups excluding carboxylic acids is 1. The smallest absolute Gasteiger partial charge is 0.275 e. The van der Waals surface area contributed by atoms with Gasteiger partial charge in [-0.1, -0.05) is 0 Å². The molecule has 7 heteroatoms. The number of anilines is 1. The first kappa shape index (κ1) is 15.9. The van der Waals surface area contributed by atoms with Crippen LogP contribution in [0.2, 0.25) is 0 Å². The fourth-order valence-electron chi connectivity index (χ4n) is 2.31. The maximum absolute atomic E-state index is 12.2. The molecule has 1 fully saturated rings. The van der Waals surface area contributed by atoms with Gasteiger partial charge in [-0.3, -0.25) is 9.69 Å². The summed E-state index contributed by atoms with van der Waals surface area (Å²) in [6.07, 6.45) is 0. The second kappa shape index (κ2) is 7.54. The SMILES string of the molecule is COc1ccc(NC(=O)c2csc(CN3CCOCC3)n2)cc1. The topological polar surface area (TPSA) is 63.7 Å². The highest BCUT2D eigenvalue weighted by Gasteiger charge is 2.15. The highest BCUT2D eigenvalue weighted by molar-refractivity contribution is 7.09. The third-order valence-electron chi connectivity index (χ3n) is 3.59. The predicted molar refractivity (Wildman–Crippen MR) is 89.2 cm³/mol. The van der Waals surface area contributed by atoms with E-state index in [-0.39, 0.29) is 5.91 Å². The monoisotopic (exact) mass is 333 g/mol. The van der Waals surface area contributed by atoms with Crippen molar-refractivity contribution >= 4 is 22.9 Å². The number of amides is 1. The van der Waals surface area contributed by atoms with Gasteiger partial charge in [0.1, 0.15) is 16.5 Å². The summed E-state index contributed by atoms with van der Waals surface area (Å²) >= 11 is 1.51. The van der Waals surface area contributed by atoms with E-state index in [2.05, 4.69) is 15.2 Å². The highest BCUT2D eigenvalue weighted by Crippen LogP contribution is 2.17. The molecule has 2 heterocycles. The van der Waals surface area contributed by atoms with Crippen LogP contribution in [0.1, 0.15) is 15.5 Å². The predicted octanol–water partition coefficient (Wildman–Crippen LogP) is 2.24. The number of carbonyl (C=O) groups is 1. The summed E-state index contributed by atoms with van der Waals surface area (Å²) in [6.45, 7) is 4.11. The van der Waals surface area contributed by atoms with Gasteiger partial charge in [0.15, 0.2) is 0 Å². The molecule has 0 radical (unpaired) electrons.